The second-order valence-electron chi connectivity index (χ2n) is 6.29. The molecular weight excluding hydrogens is 338 g/mol. The monoisotopic (exact) mass is 359 g/mol. The fourth-order valence-electron chi connectivity index (χ4n) is 2.48. The third-order valence-corrected chi connectivity index (χ3v) is 3.80. The van der Waals surface area contributed by atoms with E-state index in [1.807, 2.05) is 51.1 Å². The Balaban J connectivity index is 1.59. The molecule has 1 heterocycles. The van der Waals surface area contributed by atoms with E-state index in [4.69, 9.17) is 4.74 Å². The molecule has 0 saturated heterocycles. The summed E-state index contributed by atoms with van der Waals surface area (Å²) in [5.41, 5.74) is 4.55. The van der Waals surface area contributed by atoms with Gasteiger partial charge in [0.25, 0.3) is 0 Å². The van der Waals surface area contributed by atoms with Crippen LogP contribution in [0, 0.1) is 20.8 Å². The van der Waals surface area contributed by atoms with Crippen molar-refractivity contribution < 1.29 is 9.53 Å². The molecular formula is C22H21N3O2. The van der Waals surface area contributed by atoms with Gasteiger partial charge < -0.3 is 10.1 Å². The van der Waals surface area contributed by atoms with Gasteiger partial charge in [-0.3, -0.25) is 4.79 Å². The maximum Gasteiger partial charge on any atom is 0.322 e. The van der Waals surface area contributed by atoms with Crippen LogP contribution in [-0.4, -0.2) is 15.9 Å². The lowest BCUT2D eigenvalue weighted by Gasteiger charge is -2.07. The fraction of sp³-hybridized carbons (Fsp3) is 0.136. The molecule has 5 nitrogen and oxygen atoms in total. The van der Waals surface area contributed by atoms with Gasteiger partial charge in [-0.25, -0.2) is 9.97 Å². The van der Waals surface area contributed by atoms with Gasteiger partial charge in [0.15, 0.2) is 0 Å². The molecule has 0 unspecified atom stereocenters. The zero-order valence-electron chi connectivity index (χ0n) is 15.6. The summed E-state index contributed by atoms with van der Waals surface area (Å²) in [6.07, 6.45) is 3.29. The number of hydrogen-bond donors (Lipinski definition) is 1. The van der Waals surface area contributed by atoms with E-state index < -0.39 is 0 Å². The summed E-state index contributed by atoms with van der Waals surface area (Å²) < 4.78 is 5.67. The van der Waals surface area contributed by atoms with Crippen molar-refractivity contribution >= 4 is 17.7 Å². The molecule has 136 valence electrons. The number of aromatic nitrogens is 2. The Morgan fingerprint density at radius 1 is 0.926 bits per heavy atom. The van der Waals surface area contributed by atoms with E-state index in [1.165, 1.54) is 11.6 Å². The van der Waals surface area contributed by atoms with Crippen molar-refractivity contribution in [3.63, 3.8) is 0 Å². The number of aryl methyl sites for hydroxylation is 3. The van der Waals surface area contributed by atoms with Gasteiger partial charge in [0.2, 0.25) is 5.91 Å². The summed E-state index contributed by atoms with van der Waals surface area (Å²) in [5.74, 6) is 0.412. The first-order valence-electron chi connectivity index (χ1n) is 8.64. The third kappa shape index (κ3) is 5.51. The second kappa shape index (κ2) is 8.27. The molecule has 0 bridgehead atoms. The maximum absolute atomic E-state index is 12.1. The van der Waals surface area contributed by atoms with Gasteiger partial charge in [0, 0.05) is 23.2 Å². The van der Waals surface area contributed by atoms with Gasteiger partial charge in [-0.05, 0) is 62.7 Å². The van der Waals surface area contributed by atoms with Crippen LogP contribution in [0.5, 0.6) is 11.8 Å². The highest BCUT2D eigenvalue weighted by molar-refractivity contribution is 6.01. The van der Waals surface area contributed by atoms with Gasteiger partial charge in [-0.1, -0.05) is 29.8 Å². The maximum atomic E-state index is 12.1. The van der Waals surface area contributed by atoms with E-state index in [-0.39, 0.29) is 5.91 Å². The first-order chi connectivity index (χ1) is 13.0. The van der Waals surface area contributed by atoms with Crippen molar-refractivity contribution in [3.8, 4) is 11.8 Å². The van der Waals surface area contributed by atoms with Crippen LogP contribution in [-0.2, 0) is 4.79 Å². The SMILES string of the molecule is Cc1ccc(/C=C/C(=O)Nc2ccc(Oc3nc(C)cc(C)n3)cc2)cc1. The van der Waals surface area contributed by atoms with Crippen LogP contribution in [0.15, 0.2) is 60.7 Å². The van der Waals surface area contributed by atoms with Crippen LogP contribution in [0.2, 0.25) is 0 Å². The largest absolute Gasteiger partial charge is 0.424 e. The molecule has 3 rings (SSSR count). The molecule has 1 amide bonds. The Morgan fingerprint density at radius 3 is 2.19 bits per heavy atom. The zero-order chi connectivity index (χ0) is 19.2. The molecule has 1 N–H and O–H groups in total. The number of hydrogen-bond acceptors (Lipinski definition) is 4. The molecule has 0 spiro atoms. The van der Waals surface area contributed by atoms with Gasteiger partial charge in [-0.15, -0.1) is 0 Å². The van der Waals surface area contributed by atoms with Gasteiger partial charge in [0.1, 0.15) is 5.75 Å². The Labute approximate surface area is 158 Å². The topological polar surface area (TPSA) is 64.1 Å². The van der Waals surface area contributed by atoms with Gasteiger partial charge in [-0.2, -0.15) is 0 Å². The van der Waals surface area contributed by atoms with E-state index in [1.54, 1.807) is 30.3 Å². The van der Waals surface area contributed by atoms with Crippen LogP contribution in [0.1, 0.15) is 22.5 Å². The number of amides is 1. The number of benzene rings is 2. The summed E-state index contributed by atoms with van der Waals surface area (Å²) in [5, 5.41) is 2.82. The average molecular weight is 359 g/mol. The number of anilines is 1. The Kier molecular flexibility index (Phi) is 5.61. The van der Waals surface area contributed by atoms with Crippen LogP contribution in [0.3, 0.4) is 0 Å². The van der Waals surface area contributed by atoms with E-state index in [9.17, 15) is 4.79 Å². The molecule has 0 aliphatic rings. The molecule has 0 radical (unpaired) electrons. The zero-order valence-corrected chi connectivity index (χ0v) is 15.6. The van der Waals surface area contributed by atoms with E-state index in [0.29, 0.717) is 17.4 Å². The van der Waals surface area contributed by atoms with Crippen molar-refractivity contribution in [2.24, 2.45) is 0 Å². The molecule has 0 atom stereocenters. The third-order valence-electron chi connectivity index (χ3n) is 3.80. The van der Waals surface area contributed by atoms with Crippen LogP contribution >= 0.6 is 0 Å². The molecule has 0 aliphatic heterocycles. The standard InChI is InChI=1S/C22H21N3O2/c1-15-4-6-18(7-5-15)8-13-21(26)25-19-9-11-20(12-10-19)27-22-23-16(2)14-17(3)24-22/h4-14H,1-3H3,(H,25,26)/b13-8+. The van der Waals surface area contributed by atoms with Crippen molar-refractivity contribution in [2.75, 3.05) is 5.32 Å². The van der Waals surface area contributed by atoms with Crippen molar-refractivity contribution in [1.29, 1.82) is 0 Å². The summed E-state index contributed by atoms with van der Waals surface area (Å²) in [7, 11) is 0. The summed E-state index contributed by atoms with van der Waals surface area (Å²) in [6.45, 7) is 5.81. The Morgan fingerprint density at radius 2 is 1.56 bits per heavy atom. The fourth-order valence-corrected chi connectivity index (χ4v) is 2.48. The smallest absolute Gasteiger partial charge is 0.322 e. The molecule has 0 aliphatic carbocycles. The number of carbonyl (C=O) groups excluding carboxylic acids is 1. The summed E-state index contributed by atoms with van der Waals surface area (Å²) in [4.78, 5) is 20.5. The number of ether oxygens (including phenoxy) is 1. The van der Waals surface area contributed by atoms with Crippen LogP contribution in [0.25, 0.3) is 6.08 Å². The summed E-state index contributed by atoms with van der Waals surface area (Å²) >= 11 is 0. The quantitative estimate of drug-likeness (QED) is 0.662. The van der Waals surface area contributed by atoms with E-state index in [0.717, 1.165) is 17.0 Å². The molecule has 1 aromatic heterocycles. The van der Waals surface area contributed by atoms with E-state index in [2.05, 4.69) is 15.3 Å². The molecule has 2 aromatic carbocycles. The molecule has 0 fully saturated rings. The van der Waals surface area contributed by atoms with Crippen LogP contribution < -0.4 is 10.1 Å². The Hall–Kier alpha value is -3.47. The molecule has 5 heteroatoms. The number of nitrogens with one attached hydrogen (secondary N) is 1. The lowest BCUT2D eigenvalue weighted by molar-refractivity contribution is -0.111. The number of nitrogens with zero attached hydrogens (tertiary/aromatic N) is 2. The van der Waals surface area contributed by atoms with Gasteiger partial charge >= 0.3 is 6.01 Å². The highest BCUT2D eigenvalue weighted by atomic mass is 16.5. The molecule has 27 heavy (non-hydrogen) atoms. The van der Waals surface area contributed by atoms with Crippen molar-refractivity contribution in [1.82, 2.24) is 9.97 Å². The Bertz CT molecular complexity index is 942. The highest BCUT2D eigenvalue weighted by Crippen LogP contribution is 2.21. The highest BCUT2D eigenvalue weighted by Gasteiger charge is 2.04. The second-order valence-corrected chi connectivity index (χ2v) is 6.29. The average Bonchev–Trinajstić information content (AvgIpc) is 2.62. The number of rotatable bonds is 5. The van der Waals surface area contributed by atoms with Gasteiger partial charge in [0.05, 0.1) is 0 Å². The van der Waals surface area contributed by atoms with Crippen LogP contribution in [0.4, 0.5) is 5.69 Å². The minimum atomic E-state index is -0.193. The minimum Gasteiger partial charge on any atom is -0.424 e. The summed E-state index contributed by atoms with van der Waals surface area (Å²) in [6, 6.07) is 17.2. The number of carbonyl (C=O) groups is 1. The van der Waals surface area contributed by atoms with E-state index >= 15 is 0 Å². The first kappa shape index (κ1) is 18.3. The normalized spacial score (nSPS) is 10.8. The van der Waals surface area contributed by atoms with Crippen molar-refractivity contribution in [3.05, 3.63) is 83.2 Å². The lowest BCUT2D eigenvalue weighted by Crippen LogP contribution is -2.07. The predicted octanol–water partition coefficient (Wildman–Crippen LogP) is 4.85. The first-order valence-corrected chi connectivity index (χ1v) is 8.64. The van der Waals surface area contributed by atoms with Crippen molar-refractivity contribution in [2.45, 2.75) is 20.8 Å². The lowest BCUT2D eigenvalue weighted by atomic mass is 10.1. The molecule has 3 aromatic rings. The predicted molar refractivity (Wildman–Crippen MR) is 107 cm³/mol. The minimum absolute atomic E-state index is 0.193. The molecule has 0 saturated carbocycles.